The zero-order valence-electron chi connectivity index (χ0n) is 19.9. The summed E-state index contributed by atoms with van der Waals surface area (Å²) in [6.45, 7) is 12.0. The summed E-state index contributed by atoms with van der Waals surface area (Å²) >= 11 is 0. The summed E-state index contributed by atoms with van der Waals surface area (Å²) in [5, 5.41) is 2.66. The Hall–Kier alpha value is -3.01. The van der Waals surface area contributed by atoms with E-state index in [1.807, 2.05) is 16.4 Å². The van der Waals surface area contributed by atoms with Gasteiger partial charge in [0.15, 0.2) is 0 Å². The standard InChI is InChI=1S/C25H31N3O4S.H2O/c1-5-23(29)26-21-10-12-22(13-11-21)33(31)28-16-14-27(15-17-28)24(30)32-18-19-6-8-20(9-7-19)25(2,3)4;/h5-13H,1,14-18H2,2-4H3,(H,26,29);1H2. The van der Waals surface area contributed by atoms with E-state index in [4.69, 9.17) is 4.74 Å². The number of hydrogen-bond acceptors (Lipinski definition) is 4. The Balaban J connectivity index is 0.00000408. The van der Waals surface area contributed by atoms with Crippen molar-refractivity contribution in [3.8, 4) is 0 Å². The first-order valence-electron chi connectivity index (χ1n) is 10.9. The van der Waals surface area contributed by atoms with Crippen LogP contribution in [0.1, 0.15) is 31.9 Å². The number of ether oxygens (including phenoxy) is 1. The fourth-order valence-corrected chi connectivity index (χ4v) is 4.53. The number of hydrogen-bond donors (Lipinski definition) is 1. The minimum absolute atomic E-state index is 0. The van der Waals surface area contributed by atoms with Crippen LogP contribution in [0.3, 0.4) is 0 Å². The lowest BCUT2D eigenvalue weighted by molar-refractivity contribution is -0.111. The molecule has 1 saturated heterocycles. The van der Waals surface area contributed by atoms with E-state index < -0.39 is 11.0 Å². The third-order valence-electron chi connectivity index (χ3n) is 5.42. The second-order valence-corrected chi connectivity index (χ2v) is 10.4. The fraction of sp³-hybridized carbons (Fsp3) is 0.360. The van der Waals surface area contributed by atoms with Gasteiger partial charge in [0, 0.05) is 31.9 Å². The largest absolute Gasteiger partial charge is 0.445 e. The highest BCUT2D eigenvalue weighted by Gasteiger charge is 2.26. The maximum Gasteiger partial charge on any atom is 0.410 e. The number of benzene rings is 2. The van der Waals surface area contributed by atoms with Crippen molar-refractivity contribution < 1.29 is 24.0 Å². The zero-order valence-corrected chi connectivity index (χ0v) is 20.7. The quantitative estimate of drug-likeness (QED) is 0.631. The molecule has 0 aliphatic carbocycles. The van der Waals surface area contributed by atoms with Gasteiger partial charge in [-0.05, 0) is 46.9 Å². The number of anilines is 1. The zero-order chi connectivity index (χ0) is 24.0. The van der Waals surface area contributed by atoms with Crippen LogP contribution in [0.4, 0.5) is 10.5 Å². The minimum atomic E-state index is -1.34. The molecule has 3 rings (SSSR count). The van der Waals surface area contributed by atoms with E-state index in [9.17, 15) is 13.8 Å². The molecular weight excluding hydrogens is 454 g/mol. The van der Waals surface area contributed by atoms with Gasteiger partial charge >= 0.3 is 6.09 Å². The molecule has 1 aliphatic heterocycles. The van der Waals surface area contributed by atoms with Gasteiger partial charge in [0.05, 0.1) is 4.90 Å². The fourth-order valence-electron chi connectivity index (χ4n) is 3.37. The number of rotatable bonds is 6. The second-order valence-electron chi connectivity index (χ2n) is 8.88. The van der Waals surface area contributed by atoms with Gasteiger partial charge in [-0.25, -0.2) is 13.3 Å². The van der Waals surface area contributed by atoms with Gasteiger partial charge in [0.1, 0.15) is 17.6 Å². The predicted octanol–water partition coefficient (Wildman–Crippen LogP) is 3.26. The van der Waals surface area contributed by atoms with Crippen LogP contribution in [-0.4, -0.2) is 57.1 Å². The molecule has 1 unspecified atom stereocenters. The van der Waals surface area contributed by atoms with Crippen LogP contribution in [0, 0.1) is 0 Å². The Labute approximate surface area is 203 Å². The van der Waals surface area contributed by atoms with Crippen LogP contribution in [0.5, 0.6) is 0 Å². The van der Waals surface area contributed by atoms with E-state index in [1.54, 1.807) is 29.2 Å². The summed E-state index contributed by atoms with van der Waals surface area (Å²) in [5.74, 6) is -0.297. The van der Waals surface area contributed by atoms with Gasteiger partial charge < -0.3 is 20.4 Å². The number of amides is 2. The summed E-state index contributed by atoms with van der Waals surface area (Å²) in [7, 11) is -1.34. The van der Waals surface area contributed by atoms with Crippen molar-refractivity contribution in [3.05, 3.63) is 72.3 Å². The smallest absolute Gasteiger partial charge is 0.410 e. The highest BCUT2D eigenvalue weighted by atomic mass is 32.2. The minimum Gasteiger partial charge on any atom is -0.445 e. The van der Waals surface area contributed by atoms with E-state index in [-0.39, 0.29) is 29.5 Å². The van der Waals surface area contributed by atoms with Crippen LogP contribution in [0.25, 0.3) is 0 Å². The van der Waals surface area contributed by atoms with Crippen molar-refractivity contribution in [2.45, 2.75) is 37.7 Å². The second kappa shape index (κ2) is 11.9. The summed E-state index contributed by atoms with van der Waals surface area (Å²) in [4.78, 5) is 26.1. The van der Waals surface area contributed by atoms with Crippen LogP contribution in [0.2, 0.25) is 0 Å². The molecule has 1 fully saturated rings. The van der Waals surface area contributed by atoms with Crippen molar-refractivity contribution in [2.75, 3.05) is 31.5 Å². The SMILES string of the molecule is C=CC(=O)Nc1ccc(S(=O)N2CCN(C(=O)OCc3ccc(C(C)(C)C)cc3)CC2)cc1.O. The first-order valence-corrected chi connectivity index (χ1v) is 12.0. The van der Waals surface area contributed by atoms with Gasteiger partial charge in [0.25, 0.3) is 0 Å². The Kier molecular flexibility index (Phi) is 9.55. The average Bonchev–Trinajstić information content (AvgIpc) is 2.82. The molecule has 184 valence electrons. The van der Waals surface area contributed by atoms with Crippen LogP contribution in [0.15, 0.2) is 66.1 Å². The van der Waals surface area contributed by atoms with E-state index in [2.05, 4.69) is 44.8 Å². The number of piperazine rings is 1. The molecule has 0 saturated carbocycles. The molecule has 0 aromatic heterocycles. The van der Waals surface area contributed by atoms with Crippen molar-refractivity contribution in [1.29, 1.82) is 0 Å². The molecule has 1 aliphatic rings. The van der Waals surface area contributed by atoms with Crippen LogP contribution < -0.4 is 5.32 Å². The highest BCUT2D eigenvalue weighted by Crippen LogP contribution is 2.22. The highest BCUT2D eigenvalue weighted by molar-refractivity contribution is 7.82. The Morgan fingerprint density at radius 2 is 1.62 bits per heavy atom. The molecule has 2 aromatic carbocycles. The van der Waals surface area contributed by atoms with Crippen molar-refractivity contribution in [1.82, 2.24) is 9.21 Å². The van der Waals surface area contributed by atoms with Crippen molar-refractivity contribution in [3.63, 3.8) is 0 Å². The van der Waals surface area contributed by atoms with E-state index in [0.717, 1.165) is 5.56 Å². The third kappa shape index (κ3) is 7.24. The average molecular weight is 488 g/mol. The van der Waals surface area contributed by atoms with Gasteiger partial charge in [-0.1, -0.05) is 51.6 Å². The maximum absolute atomic E-state index is 12.9. The van der Waals surface area contributed by atoms with E-state index in [1.165, 1.54) is 11.6 Å². The van der Waals surface area contributed by atoms with Crippen LogP contribution >= 0.6 is 0 Å². The van der Waals surface area contributed by atoms with E-state index >= 15 is 0 Å². The molecule has 9 heteroatoms. The summed E-state index contributed by atoms with van der Waals surface area (Å²) < 4.78 is 20.2. The molecule has 34 heavy (non-hydrogen) atoms. The first kappa shape index (κ1) is 27.2. The predicted molar refractivity (Wildman–Crippen MR) is 134 cm³/mol. The molecule has 0 radical (unpaired) electrons. The van der Waals surface area contributed by atoms with Gasteiger partial charge in [-0.15, -0.1) is 0 Å². The third-order valence-corrected chi connectivity index (χ3v) is 6.93. The monoisotopic (exact) mass is 487 g/mol. The molecule has 3 N–H and O–H groups in total. The van der Waals surface area contributed by atoms with Crippen LogP contribution in [-0.2, 0) is 32.5 Å². The number of nitrogens with one attached hydrogen (secondary N) is 1. The maximum atomic E-state index is 12.9. The molecular formula is C25H33N3O5S. The Morgan fingerprint density at radius 1 is 1.03 bits per heavy atom. The Bertz CT molecular complexity index is 1010. The molecule has 1 atom stereocenters. The van der Waals surface area contributed by atoms with Gasteiger partial charge in [-0.2, -0.15) is 0 Å². The first-order chi connectivity index (χ1) is 15.7. The Morgan fingerprint density at radius 3 is 2.15 bits per heavy atom. The van der Waals surface area contributed by atoms with Crippen molar-refractivity contribution in [2.24, 2.45) is 0 Å². The van der Waals surface area contributed by atoms with Gasteiger partial charge in [-0.3, -0.25) is 4.79 Å². The molecule has 0 bridgehead atoms. The molecule has 1 heterocycles. The summed E-state index contributed by atoms with van der Waals surface area (Å²) in [5.41, 5.74) is 2.88. The summed E-state index contributed by atoms with van der Waals surface area (Å²) in [6, 6.07) is 15.0. The summed E-state index contributed by atoms with van der Waals surface area (Å²) in [6.07, 6.45) is 0.835. The number of carbonyl (C=O) groups excluding carboxylic acids is 2. The lowest BCUT2D eigenvalue weighted by Gasteiger charge is -2.33. The van der Waals surface area contributed by atoms with Gasteiger partial charge in [0.2, 0.25) is 5.91 Å². The lowest BCUT2D eigenvalue weighted by atomic mass is 9.87. The normalized spacial score (nSPS) is 15.1. The van der Waals surface area contributed by atoms with Crippen molar-refractivity contribution >= 4 is 28.7 Å². The topological polar surface area (TPSA) is 110 Å². The number of carbonyl (C=O) groups is 2. The molecule has 0 spiro atoms. The molecule has 2 amide bonds. The van der Waals surface area contributed by atoms with E-state index in [0.29, 0.717) is 36.8 Å². The molecule has 8 nitrogen and oxygen atoms in total. The lowest BCUT2D eigenvalue weighted by Crippen LogP contribution is -2.49. The number of nitrogens with zero attached hydrogens (tertiary/aromatic N) is 2. The molecule has 2 aromatic rings.